The smallest absolute Gasteiger partial charge is 0.0462 e. The summed E-state index contributed by atoms with van der Waals surface area (Å²) in [6.07, 6.45) is 0.960. The summed E-state index contributed by atoms with van der Waals surface area (Å²) in [4.78, 5) is 2.29. The molecule has 6 aromatic carbocycles. The molecule has 0 aliphatic rings. The molecular formula is C37H29N. The van der Waals surface area contributed by atoms with E-state index in [0.717, 1.165) is 23.5 Å². The molecule has 0 atom stereocenters. The molecule has 0 spiro atoms. The first-order valence-electron chi connectivity index (χ1n) is 13.1. The summed E-state index contributed by atoms with van der Waals surface area (Å²) in [6, 6.07) is 58.3. The molecule has 0 bridgehead atoms. The molecule has 0 fully saturated rings. The molecule has 0 aliphatic heterocycles. The zero-order chi connectivity index (χ0) is 25.6. The minimum absolute atomic E-state index is 0.960. The SMILES string of the molecule is c1ccc(Cc2ccc(-c3ccc(-c4ccc(N(c5ccccc5)c5ccccc5)cc4)cc3)cc2)cc1. The van der Waals surface area contributed by atoms with Crippen molar-refractivity contribution in [1.29, 1.82) is 0 Å². The molecule has 0 heterocycles. The van der Waals surface area contributed by atoms with Gasteiger partial charge in [0.1, 0.15) is 0 Å². The Balaban J connectivity index is 1.20. The first-order valence-corrected chi connectivity index (χ1v) is 13.1. The average molecular weight is 488 g/mol. The van der Waals surface area contributed by atoms with Crippen LogP contribution in [-0.2, 0) is 6.42 Å². The molecule has 0 saturated heterocycles. The van der Waals surface area contributed by atoms with Crippen molar-refractivity contribution in [1.82, 2.24) is 0 Å². The predicted molar refractivity (Wildman–Crippen MR) is 161 cm³/mol. The standard InChI is InChI=1S/C37H29N/c1-4-10-29(11-5-1)28-30-16-18-31(19-17-30)32-20-22-33(23-21-32)34-24-26-37(27-25-34)38(35-12-6-2-7-13-35)36-14-8-3-9-15-36/h1-27H,28H2. The van der Waals surface area contributed by atoms with E-state index in [4.69, 9.17) is 0 Å². The Morgan fingerprint density at radius 2 is 0.605 bits per heavy atom. The fourth-order valence-corrected chi connectivity index (χ4v) is 4.91. The summed E-state index contributed by atoms with van der Waals surface area (Å²) in [5.74, 6) is 0. The van der Waals surface area contributed by atoms with Gasteiger partial charge in [-0.25, -0.2) is 0 Å². The molecule has 0 aliphatic carbocycles. The quantitative estimate of drug-likeness (QED) is 0.216. The maximum atomic E-state index is 2.29. The number of benzene rings is 6. The van der Waals surface area contributed by atoms with Gasteiger partial charge in [0, 0.05) is 17.1 Å². The highest BCUT2D eigenvalue weighted by Crippen LogP contribution is 2.35. The van der Waals surface area contributed by atoms with E-state index in [-0.39, 0.29) is 0 Å². The van der Waals surface area contributed by atoms with Crippen LogP contribution in [0.25, 0.3) is 22.3 Å². The predicted octanol–water partition coefficient (Wildman–Crippen LogP) is 10.1. The van der Waals surface area contributed by atoms with E-state index in [1.807, 2.05) is 0 Å². The topological polar surface area (TPSA) is 3.24 Å². The normalized spacial score (nSPS) is 10.7. The van der Waals surface area contributed by atoms with Crippen molar-refractivity contribution in [2.24, 2.45) is 0 Å². The van der Waals surface area contributed by atoms with Crippen LogP contribution in [0.3, 0.4) is 0 Å². The number of para-hydroxylation sites is 2. The maximum absolute atomic E-state index is 2.29. The van der Waals surface area contributed by atoms with Crippen molar-refractivity contribution >= 4 is 17.1 Å². The highest BCUT2D eigenvalue weighted by molar-refractivity contribution is 5.78. The summed E-state index contributed by atoms with van der Waals surface area (Å²) in [5.41, 5.74) is 11.0. The highest BCUT2D eigenvalue weighted by Gasteiger charge is 2.12. The van der Waals surface area contributed by atoms with Crippen LogP contribution in [0.1, 0.15) is 11.1 Å². The molecule has 1 nitrogen and oxygen atoms in total. The van der Waals surface area contributed by atoms with Crippen LogP contribution in [0.2, 0.25) is 0 Å². The van der Waals surface area contributed by atoms with Gasteiger partial charge in [-0.3, -0.25) is 0 Å². The van der Waals surface area contributed by atoms with Crippen molar-refractivity contribution < 1.29 is 0 Å². The maximum Gasteiger partial charge on any atom is 0.0462 e. The third-order valence-corrected chi connectivity index (χ3v) is 6.91. The zero-order valence-electron chi connectivity index (χ0n) is 21.2. The largest absolute Gasteiger partial charge is 0.311 e. The first-order chi connectivity index (χ1) is 18.8. The van der Waals surface area contributed by atoms with E-state index in [2.05, 4.69) is 169 Å². The Morgan fingerprint density at radius 3 is 1.05 bits per heavy atom. The van der Waals surface area contributed by atoms with Gasteiger partial charge in [-0.05, 0) is 76.2 Å². The van der Waals surface area contributed by atoms with Crippen LogP contribution in [0, 0.1) is 0 Å². The van der Waals surface area contributed by atoms with Crippen LogP contribution in [0.15, 0.2) is 164 Å². The van der Waals surface area contributed by atoms with Crippen molar-refractivity contribution in [2.45, 2.75) is 6.42 Å². The van der Waals surface area contributed by atoms with Gasteiger partial charge in [0.2, 0.25) is 0 Å². The molecule has 38 heavy (non-hydrogen) atoms. The number of anilines is 3. The van der Waals surface area contributed by atoms with E-state index < -0.39 is 0 Å². The number of hydrogen-bond donors (Lipinski definition) is 0. The molecule has 0 saturated carbocycles. The summed E-state index contributed by atoms with van der Waals surface area (Å²) in [7, 11) is 0. The molecule has 0 radical (unpaired) electrons. The lowest BCUT2D eigenvalue weighted by Crippen LogP contribution is -2.09. The summed E-state index contributed by atoms with van der Waals surface area (Å²) >= 11 is 0. The van der Waals surface area contributed by atoms with E-state index in [9.17, 15) is 0 Å². The Morgan fingerprint density at radius 1 is 0.289 bits per heavy atom. The highest BCUT2D eigenvalue weighted by atomic mass is 15.1. The fraction of sp³-hybridized carbons (Fsp3) is 0.0270. The lowest BCUT2D eigenvalue weighted by atomic mass is 9.98. The van der Waals surface area contributed by atoms with E-state index in [1.165, 1.54) is 33.4 Å². The van der Waals surface area contributed by atoms with Crippen LogP contribution < -0.4 is 4.90 Å². The van der Waals surface area contributed by atoms with Crippen LogP contribution in [-0.4, -0.2) is 0 Å². The molecule has 0 N–H and O–H groups in total. The molecule has 1 heteroatoms. The van der Waals surface area contributed by atoms with Gasteiger partial charge < -0.3 is 4.90 Å². The lowest BCUT2D eigenvalue weighted by Gasteiger charge is -2.25. The lowest BCUT2D eigenvalue weighted by molar-refractivity contribution is 1.19. The van der Waals surface area contributed by atoms with Gasteiger partial charge in [0.25, 0.3) is 0 Å². The second kappa shape index (κ2) is 11.0. The molecule has 6 rings (SSSR count). The van der Waals surface area contributed by atoms with Gasteiger partial charge in [0.05, 0.1) is 0 Å². The molecule has 0 amide bonds. The second-order valence-corrected chi connectivity index (χ2v) is 9.49. The molecule has 6 aromatic rings. The molecule has 182 valence electrons. The van der Waals surface area contributed by atoms with Crippen molar-refractivity contribution in [3.05, 3.63) is 175 Å². The minimum Gasteiger partial charge on any atom is -0.311 e. The Bertz CT molecular complexity index is 1530. The fourth-order valence-electron chi connectivity index (χ4n) is 4.91. The zero-order valence-corrected chi connectivity index (χ0v) is 21.2. The number of nitrogens with zero attached hydrogens (tertiary/aromatic N) is 1. The Labute approximate surface area is 225 Å². The summed E-state index contributed by atoms with van der Waals surface area (Å²) < 4.78 is 0. The van der Waals surface area contributed by atoms with Crippen molar-refractivity contribution in [2.75, 3.05) is 4.90 Å². The monoisotopic (exact) mass is 487 g/mol. The molecule has 0 unspecified atom stereocenters. The average Bonchev–Trinajstić information content (AvgIpc) is 3.00. The van der Waals surface area contributed by atoms with Gasteiger partial charge in [-0.15, -0.1) is 0 Å². The van der Waals surface area contributed by atoms with Gasteiger partial charge in [0.15, 0.2) is 0 Å². The summed E-state index contributed by atoms with van der Waals surface area (Å²) in [6.45, 7) is 0. The third-order valence-electron chi connectivity index (χ3n) is 6.91. The van der Waals surface area contributed by atoms with Crippen LogP contribution >= 0.6 is 0 Å². The number of hydrogen-bond acceptors (Lipinski definition) is 1. The minimum atomic E-state index is 0.960. The van der Waals surface area contributed by atoms with Crippen LogP contribution in [0.4, 0.5) is 17.1 Å². The van der Waals surface area contributed by atoms with Gasteiger partial charge >= 0.3 is 0 Å². The van der Waals surface area contributed by atoms with E-state index in [0.29, 0.717) is 0 Å². The van der Waals surface area contributed by atoms with Crippen molar-refractivity contribution in [3.63, 3.8) is 0 Å². The van der Waals surface area contributed by atoms with Gasteiger partial charge in [-0.1, -0.05) is 127 Å². The van der Waals surface area contributed by atoms with Gasteiger partial charge in [-0.2, -0.15) is 0 Å². The van der Waals surface area contributed by atoms with Crippen molar-refractivity contribution in [3.8, 4) is 22.3 Å². The second-order valence-electron chi connectivity index (χ2n) is 9.49. The van der Waals surface area contributed by atoms with Crippen LogP contribution in [0.5, 0.6) is 0 Å². The molecule has 0 aromatic heterocycles. The Kier molecular flexibility index (Phi) is 6.82. The Hall–Kier alpha value is -4.88. The number of rotatable bonds is 7. The van der Waals surface area contributed by atoms with E-state index >= 15 is 0 Å². The van der Waals surface area contributed by atoms with E-state index in [1.54, 1.807) is 0 Å². The third kappa shape index (κ3) is 5.28. The molecular weight excluding hydrogens is 458 g/mol. The first kappa shape index (κ1) is 23.5. The summed E-state index contributed by atoms with van der Waals surface area (Å²) in [5, 5.41) is 0.